The molecule has 0 aliphatic rings. The summed E-state index contributed by atoms with van der Waals surface area (Å²) < 4.78 is 5.30. The predicted molar refractivity (Wildman–Crippen MR) is 51.2 cm³/mol. The monoisotopic (exact) mass is 172 g/mol. The number of hydrogen-bond acceptors (Lipinski definition) is 2. The minimum Gasteiger partial charge on any atom is -0.396 e. The van der Waals surface area contributed by atoms with E-state index in [4.69, 9.17) is 9.84 Å². The van der Waals surface area contributed by atoms with Crippen LogP contribution in [0.3, 0.4) is 0 Å². The van der Waals surface area contributed by atoms with Gasteiger partial charge in [-0.25, -0.2) is 0 Å². The first-order valence-electron chi connectivity index (χ1n) is 4.56. The van der Waals surface area contributed by atoms with Crippen molar-refractivity contribution in [3.8, 4) is 0 Å². The van der Waals surface area contributed by atoms with Gasteiger partial charge in [0.1, 0.15) is 0 Å². The Hall–Kier alpha value is -0.340. The van der Waals surface area contributed by atoms with Gasteiger partial charge in [-0.3, -0.25) is 0 Å². The van der Waals surface area contributed by atoms with Gasteiger partial charge in [0, 0.05) is 13.7 Å². The van der Waals surface area contributed by atoms with Gasteiger partial charge in [-0.1, -0.05) is 19.4 Å². The van der Waals surface area contributed by atoms with Crippen LogP contribution < -0.4 is 0 Å². The van der Waals surface area contributed by atoms with E-state index in [1.54, 1.807) is 7.11 Å². The van der Waals surface area contributed by atoms with E-state index in [1.807, 2.05) is 6.08 Å². The van der Waals surface area contributed by atoms with Gasteiger partial charge in [-0.2, -0.15) is 0 Å². The molecular weight excluding hydrogens is 152 g/mol. The van der Waals surface area contributed by atoms with Crippen LogP contribution in [0, 0.1) is 0 Å². The van der Waals surface area contributed by atoms with Gasteiger partial charge >= 0.3 is 0 Å². The number of methoxy groups -OCH3 is 1. The molecule has 0 aliphatic carbocycles. The number of aliphatic hydroxyl groups excluding tert-OH is 1. The standard InChI is InChI=1S/C10H20O2/c1-4-6-10(12-3)9(2)7-5-8-11/h7,10-11H,4-6,8H2,1-3H3. The molecule has 0 radical (unpaired) electrons. The fourth-order valence-corrected chi connectivity index (χ4v) is 1.22. The van der Waals surface area contributed by atoms with E-state index in [-0.39, 0.29) is 12.7 Å². The van der Waals surface area contributed by atoms with E-state index >= 15 is 0 Å². The van der Waals surface area contributed by atoms with Crippen LogP contribution in [0.5, 0.6) is 0 Å². The lowest BCUT2D eigenvalue weighted by molar-refractivity contribution is 0.123. The third-order valence-corrected chi connectivity index (χ3v) is 1.94. The van der Waals surface area contributed by atoms with E-state index in [2.05, 4.69) is 13.8 Å². The summed E-state index contributed by atoms with van der Waals surface area (Å²) >= 11 is 0. The summed E-state index contributed by atoms with van der Waals surface area (Å²) in [5.41, 5.74) is 1.23. The number of aliphatic hydroxyl groups is 1. The van der Waals surface area contributed by atoms with Crippen LogP contribution in [0.4, 0.5) is 0 Å². The van der Waals surface area contributed by atoms with E-state index in [1.165, 1.54) is 5.57 Å². The molecule has 0 fully saturated rings. The molecule has 0 spiro atoms. The van der Waals surface area contributed by atoms with E-state index in [0.717, 1.165) is 19.3 Å². The van der Waals surface area contributed by atoms with Crippen LogP contribution in [-0.2, 0) is 4.74 Å². The molecule has 0 heterocycles. The molecule has 0 aromatic heterocycles. The molecule has 2 nitrogen and oxygen atoms in total. The Bertz CT molecular complexity index is 130. The Labute approximate surface area is 75.2 Å². The maximum absolute atomic E-state index is 8.61. The largest absolute Gasteiger partial charge is 0.396 e. The second kappa shape index (κ2) is 7.32. The minimum atomic E-state index is 0.222. The topological polar surface area (TPSA) is 29.5 Å². The smallest absolute Gasteiger partial charge is 0.0778 e. The molecule has 0 saturated heterocycles. The van der Waals surface area contributed by atoms with E-state index in [9.17, 15) is 0 Å². The van der Waals surface area contributed by atoms with Crippen molar-refractivity contribution < 1.29 is 9.84 Å². The quantitative estimate of drug-likeness (QED) is 0.622. The molecule has 0 aliphatic heterocycles. The first-order chi connectivity index (χ1) is 5.76. The normalized spacial score (nSPS) is 14.8. The lowest BCUT2D eigenvalue weighted by Crippen LogP contribution is -2.11. The van der Waals surface area contributed by atoms with E-state index in [0.29, 0.717) is 0 Å². The third kappa shape index (κ3) is 4.52. The van der Waals surface area contributed by atoms with Gasteiger partial charge in [-0.15, -0.1) is 0 Å². The van der Waals surface area contributed by atoms with Gasteiger partial charge < -0.3 is 9.84 Å². The second-order valence-corrected chi connectivity index (χ2v) is 2.97. The van der Waals surface area contributed by atoms with Crippen LogP contribution in [0.1, 0.15) is 33.1 Å². The van der Waals surface area contributed by atoms with Gasteiger partial charge in [0.05, 0.1) is 6.10 Å². The number of ether oxygens (including phenoxy) is 1. The summed E-state index contributed by atoms with van der Waals surface area (Å²) in [6.45, 7) is 4.42. The zero-order chi connectivity index (χ0) is 9.40. The molecule has 2 heteroatoms. The number of hydrogen-bond donors (Lipinski definition) is 1. The molecule has 0 bridgehead atoms. The molecule has 0 saturated carbocycles. The third-order valence-electron chi connectivity index (χ3n) is 1.94. The maximum atomic E-state index is 8.61. The fourth-order valence-electron chi connectivity index (χ4n) is 1.22. The molecule has 72 valence electrons. The molecule has 0 rings (SSSR count). The van der Waals surface area contributed by atoms with Crippen molar-refractivity contribution in [3.05, 3.63) is 11.6 Å². The summed E-state index contributed by atoms with van der Waals surface area (Å²) in [7, 11) is 1.73. The number of rotatable bonds is 6. The lowest BCUT2D eigenvalue weighted by atomic mass is 10.1. The molecule has 12 heavy (non-hydrogen) atoms. The highest BCUT2D eigenvalue weighted by atomic mass is 16.5. The Balaban J connectivity index is 3.91. The second-order valence-electron chi connectivity index (χ2n) is 2.97. The summed E-state index contributed by atoms with van der Waals surface area (Å²) in [5, 5.41) is 8.61. The summed E-state index contributed by atoms with van der Waals surface area (Å²) in [6, 6.07) is 0. The van der Waals surface area contributed by atoms with E-state index < -0.39 is 0 Å². The first kappa shape index (κ1) is 11.7. The zero-order valence-corrected chi connectivity index (χ0v) is 8.34. The Morgan fingerprint density at radius 2 is 2.25 bits per heavy atom. The molecule has 0 aromatic rings. The molecule has 0 aromatic carbocycles. The predicted octanol–water partition coefficient (Wildman–Crippen LogP) is 2.13. The van der Waals surface area contributed by atoms with Crippen molar-refractivity contribution in [1.29, 1.82) is 0 Å². The average Bonchev–Trinajstić information content (AvgIpc) is 2.10. The average molecular weight is 172 g/mol. The first-order valence-corrected chi connectivity index (χ1v) is 4.56. The van der Waals surface area contributed by atoms with Crippen LogP contribution in [0.2, 0.25) is 0 Å². The van der Waals surface area contributed by atoms with Gasteiger partial charge in [0.2, 0.25) is 0 Å². The molecule has 1 unspecified atom stereocenters. The van der Waals surface area contributed by atoms with Gasteiger partial charge in [0.15, 0.2) is 0 Å². The maximum Gasteiger partial charge on any atom is 0.0778 e. The van der Waals surface area contributed by atoms with Crippen LogP contribution in [0.15, 0.2) is 11.6 Å². The fraction of sp³-hybridized carbons (Fsp3) is 0.800. The highest BCUT2D eigenvalue weighted by Crippen LogP contribution is 2.11. The Morgan fingerprint density at radius 3 is 2.67 bits per heavy atom. The highest BCUT2D eigenvalue weighted by Gasteiger charge is 2.06. The van der Waals surface area contributed by atoms with Crippen molar-refractivity contribution in [2.75, 3.05) is 13.7 Å². The van der Waals surface area contributed by atoms with Crippen LogP contribution in [-0.4, -0.2) is 24.9 Å². The molecule has 1 atom stereocenters. The van der Waals surface area contributed by atoms with Gasteiger partial charge in [0.25, 0.3) is 0 Å². The zero-order valence-electron chi connectivity index (χ0n) is 8.34. The van der Waals surface area contributed by atoms with Crippen molar-refractivity contribution in [1.82, 2.24) is 0 Å². The Kier molecular flexibility index (Phi) is 7.11. The van der Waals surface area contributed by atoms with Crippen molar-refractivity contribution in [3.63, 3.8) is 0 Å². The Morgan fingerprint density at radius 1 is 1.58 bits per heavy atom. The van der Waals surface area contributed by atoms with Crippen molar-refractivity contribution in [2.24, 2.45) is 0 Å². The van der Waals surface area contributed by atoms with Crippen molar-refractivity contribution in [2.45, 2.75) is 39.2 Å². The molecule has 1 N–H and O–H groups in total. The SMILES string of the molecule is CCCC(OC)C(C)=CCCO. The summed E-state index contributed by atoms with van der Waals surface area (Å²) in [5.74, 6) is 0. The molecule has 0 amide bonds. The summed E-state index contributed by atoms with van der Waals surface area (Å²) in [6.07, 6.45) is 5.20. The minimum absolute atomic E-state index is 0.222. The molecular formula is C10H20O2. The van der Waals surface area contributed by atoms with Crippen LogP contribution >= 0.6 is 0 Å². The van der Waals surface area contributed by atoms with Crippen molar-refractivity contribution >= 4 is 0 Å². The van der Waals surface area contributed by atoms with Gasteiger partial charge in [-0.05, 0) is 25.3 Å². The summed E-state index contributed by atoms with van der Waals surface area (Å²) in [4.78, 5) is 0. The van der Waals surface area contributed by atoms with Crippen LogP contribution in [0.25, 0.3) is 0 Å². The lowest BCUT2D eigenvalue weighted by Gasteiger charge is -2.14. The highest BCUT2D eigenvalue weighted by molar-refractivity contribution is 5.04.